The Bertz CT molecular complexity index is 258. The molecule has 0 radical (unpaired) electrons. The molecule has 0 saturated heterocycles. The van der Waals surface area contributed by atoms with Crippen molar-refractivity contribution in [2.24, 2.45) is 23.2 Å². The van der Waals surface area contributed by atoms with Gasteiger partial charge in [0.2, 0.25) is 0 Å². The van der Waals surface area contributed by atoms with E-state index in [4.69, 9.17) is 39.5 Å². The molecule has 0 aromatic carbocycles. The highest BCUT2D eigenvalue weighted by Crippen LogP contribution is 2.65. The van der Waals surface area contributed by atoms with E-state index in [-0.39, 0.29) is 29.1 Å². The highest BCUT2D eigenvalue weighted by atomic mass is 35.6. The molecule has 1 rings (SSSR count). The largest absolute Gasteiger partial charge is 0.466 e. The van der Waals surface area contributed by atoms with E-state index in [1.54, 1.807) is 6.92 Å². The van der Waals surface area contributed by atoms with Gasteiger partial charge in [0.1, 0.15) is 0 Å². The summed E-state index contributed by atoms with van der Waals surface area (Å²) >= 11 is 17.7. The van der Waals surface area contributed by atoms with E-state index < -0.39 is 3.79 Å². The van der Waals surface area contributed by atoms with Crippen molar-refractivity contribution >= 4 is 40.8 Å². The van der Waals surface area contributed by atoms with E-state index in [0.717, 1.165) is 0 Å². The number of carbonyl (C=O) groups excluding carboxylic acids is 1. The van der Waals surface area contributed by atoms with Crippen LogP contribution >= 0.6 is 34.8 Å². The van der Waals surface area contributed by atoms with E-state index in [2.05, 4.69) is 0 Å². The molecule has 0 aliphatic heterocycles. The third-order valence-electron chi connectivity index (χ3n) is 2.96. The van der Waals surface area contributed by atoms with E-state index >= 15 is 0 Å². The minimum Gasteiger partial charge on any atom is -0.466 e. The maximum absolute atomic E-state index is 11.7. The van der Waals surface area contributed by atoms with Crippen molar-refractivity contribution < 1.29 is 9.53 Å². The zero-order chi connectivity index (χ0) is 12.7. The zero-order valence-corrected chi connectivity index (χ0v) is 12.2. The second-order valence-corrected chi connectivity index (χ2v) is 7.61. The minimum atomic E-state index is -1.39. The van der Waals surface area contributed by atoms with Crippen molar-refractivity contribution in [2.75, 3.05) is 6.61 Å². The van der Waals surface area contributed by atoms with E-state index in [9.17, 15) is 4.79 Å². The normalized spacial score (nSPS) is 30.1. The summed E-state index contributed by atoms with van der Waals surface area (Å²) in [5.41, 5.74) is -0.0635. The van der Waals surface area contributed by atoms with Gasteiger partial charge in [-0.1, -0.05) is 55.6 Å². The number of rotatable bonds is 2. The molecule has 1 fully saturated rings. The fraction of sp³-hybridized carbons (Fsp3) is 0.909. The third kappa shape index (κ3) is 2.96. The van der Waals surface area contributed by atoms with Crippen LogP contribution in [0.15, 0.2) is 0 Å². The number of hydrogen-bond donors (Lipinski definition) is 0. The maximum atomic E-state index is 11.7. The predicted octanol–water partition coefficient (Wildman–Crippen LogP) is 3.83. The van der Waals surface area contributed by atoms with Crippen LogP contribution in [-0.2, 0) is 9.53 Å². The van der Waals surface area contributed by atoms with Crippen molar-refractivity contribution in [3.8, 4) is 0 Å². The first kappa shape index (κ1) is 14.4. The molecule has 0 aromatic rings. The average molecular weight is 288 g/mol. The Kier molecular flexibility index (Phi) is 4.09. The SMILES string of the molecule is CCOC(=O)[C@@H]1[C@H](C(C)(C)C)[C@H]1C(Cl)(Cl)Cl. The van der Waals surface area contributed by atoms with E-state index in [1.165, 1.54) is 0 Å². The lowest BCUT2D eigenvalue weighted by molar-refractivity contribution is -0.145. The summed E-state index contributed by atoms with van der Waals surface area (Å²) in [5.74, 6) is -0.707. The fourth-order valence-electron chi connectivity index (χ4n) is 2.33. The minimum absolute atomic E-state index is 0.0635. The van der Waals surface area contributed by atoms with Gasteiger partial charge in [-0.3, -0.25) is 4.79 Å². The first-order chi connectivity index (χ1) is 7.10. The lowest BCUT2D eigenvalue weighted by atomic mass is 9.88. The summed E-state index contributed by atoms with van der Waals surface area (Å²) in [5, 5.41) is 0. The average Bonchev–Trinajstić information content (AvgIpc) is 2.75. The molecule has 0 bridgehead atoms. The molecule has 0 amide bonds. The Balaban J connectivity index is 2.82. The van der Waals surface area contributed by atoms with Crippen molar-refractivity contribution in [3.05, 3.63) is 0 Å². The molecular formula is C11H17Cl3O2. The van der Waals surface area contributed by atoms with Gasteiger partial charge in [0.15, 0.2) is 3.79 Å². The van der Waals surface area contributed by atoms with E-state index in [1.807, 2.05) is 20.8 Å². The molecule has 16 heavy (non-hydrogen) atoms. The standard InChI is InChI=1S/C11H17Cl3O2/c1-5-16-9(15)6-7(10(2,3)4)8(6)11(12,13)14/h6-8H,5H2,1-4H3/t6-,7+,8+/m1/s1. The van der Waals surface area contributed by atoms with Crippen LogP contribution in [-0.4, -0.2) is 16.4 Å². The molecule has 1 aliphatic rings. The lowest BCUT2D eigenvalue weighted by Gasteiger charge is -2.20. The second-order valence-electron chi connectivity index (χ2n) is 5.24. The van der Waals surface area contributed by atoms with Crippen molar-refractivity contribution in [2.45, 2.75) is 31.5 Å². The molecular weight excluding hydrogens is 270 g/mol. The van der Waals surface area contributed by atoms with Gasteiger partial charge < -0.3 is 4.74 Å². The van der Waals surface area contributed by atoms with Gasteiger partial charge in [-0.2, -0.15) is 0 Å². The molecule has 2 nitrogen and oxygen atoms in total. The molecule has 1 saturated carbocycles. The molecule has 1 aliphatic carbocycles. The molecule has 0 heterocycles. The van der Waals surface area contributed by atoms with Crippen molar-refractivity contribution in [1.29, 1.82) is 0 Å². The third-order valence-corrected chi connectivity index (χ3v) is 3.71. The Labute approximate surface area is 112 Å². The molecule has 3 atom stereocenters. The van der Waals surface area contributed by atoms with Crippen LogP contribution in [0.1, 0.15) is 27.7 Å². The van der Waals surface area contributed by atoms with Gasteiger partial charge in [0, 0.05) is 5.92 Å². The van der Waals surface area contributed by atoms with E-state index in [0.29, 0.717) is 6.61 Å². The smallest absolute Gasteiger partial charge is 0.309 e. The Morgan fingerprint density at radius 1 is 1.19 bits per heavy atom. The van der Waals surface area contributed by atoms with Gasteiger partial charge in [-0.25, -0.2) is 0 Å². The van der Waals surface area contributed by atoms with Gasteiger partial charge in [0.05, 0.1) is 12.5 Å². The maximum Gasteiger partial charge on any atom is 0.309 e. The summed E-state index contributed by atoms with van der Waals surface area (Å²) in [6, 6.07) is 0. The predicted molar refractivity (Wildman–Crippen MR) is 66.8 cm³/mol. The van der Waals surface area contributed by atoms with Crippen LogP contribution < -0.4 is 0 Å². The van der Waals surface area contributed by atoms with Crippen molar-refractivity contribution in [1.82, 2.24) is 0 Å². The number of hydrogen-bond acceptors (Lipinski definition) is 2. The summed E-state index contributed by atoms with van der Waals surface area (Å²) < 4.78 is 3.61. The van der Waals surface area contributed by atoms with Crippen LogP contribution in [0.25, 0.3) is 0 Å². The molecule has 94 valence electrons. The van der Waals surface area contributed by atoms with Crippen LogP contribution in [0.3, 0.4) is 0 Å². The Hall–Kier alpha value is 0.340. The van der Waals surface area contributed by atoms with Crippen LogP contribution in [0.4, 0.5) is 0 Å². The molecule has 5 heteroatoms. The summed E-state index contributed by atoms with van der Waals surface area (Å²) in [7, 11) is 0. The topological polar surface area (TPSA) is 26.3 Å². The highest BCUT2D eigenvalue weighted by molar-refractivity contribution is 6.68. The number of ether oxygens (including phenoxy) is 1. The first-order valence-electron chi connectivity index (χ1n) is 5.34. The molecule has 0 aromatic heterocycles. The monoisotopic (exact) mass is 286 g/mol. The number of esters is 1. The van der Waals surface area contributed by atoms with Crippen molar-refractivity contribution in [3.63, 3.8) is 0 Å². The number of alkyl halides is 3. The summed E-state index contributed by atoms with van der Waals surface area (Å²) in [6.07, 6.45) is 0. The summed E-state index contributed by atoms with van der Waals surface area (Å²) in [6.45, 7) is 8.26. The molecule has 0 spiro atoms. The number of carbonyl (C=O) groups is 1. The van der Waals surface area contributed by atoms with Crippen LogP contribution in [0.5, 0.6) is 0 Å². The Morgan fingerprint density at radius 2 is 1.69 bits per heavy atom. The van der Waals surface area contributed by atoms with Gasteiger partial charge in [0.25, 0.3) is 0 Å². The van der Waals surface area contributed by atoms with Crippen LogP contribution in [0.2, 0.25) is 0 Å². The van der Waals surface area contributed by atoms with Crippen LogP contribution in [0, 0.1) is 23.2 Å². The summed E-state index contributed by atoms with van der Waals surface area (Å²) in [4.78, 5) is 11.7. The lowest BCUT2D eigenvalue weighted by Crippen LogP contribution is -2.15. The van der Waals surface area contributed by atoms with Gasteiger partial charge in [-0.05, 0) is 18.3 Å². The molecule has 0 N–H and O–H groups in total. The fourth-order valence-corrected chi connectivity index (χ4v) is 3.14. The molecule has 0 unspecified atom stereocenters. The second kappa shape index (κ2) is 4.55. The first-order valence-corrected chi connectivity index (χ1v) is 6.47. The number of halogens is 3. The van der Waals surface area contributed by atoms with Gasteiger partial charge >= 0.3 is 5.97 Å². The van der Waals surface area contributed by atoms with Gasteiger partial charge in [-0.15, -0.1) is 0 Å². The zero-order valence-electron chi connectivity index (χ0n) is 9.89. The quantitative estimate of drug-likeness (QED) is 0.570. The highest BCUT2D eigenvalue weighted by Gasteiger charge is 2.67. The Morgan fingerprint density at radius 3 is 1.94 bits per heavy atom.